The van der Waals surface area contributed by atoms with Crippen molar-refractivity contribution < 1.29 is 14.7 Å². The molecule has 0 unspecified atom stereocenters. The normalized spacial score (nSPS) is 26.4. The average molecular weight is 373 g/mol. The molecule has 148 valence electrons. The van der Waals surface area contributed by atoms with Gasteiger partial charge >= 0.3 is 6.09 Å². The van der Waals surface area contributed by atoms with E-state index in [2.05, 4.69) is 39.8 Å². The van der Waals surface area contributed by atoms with Crippen LogP contribution >= 0.6 is 0 Å². The van der Waals surface area contributed by atoms with E-state index in [0.717, 1.165) is 32.5 Å². The molecule has 4 atom stereocenters. The Balaban J connectivity index is 1.60. The lowest BCUT2D eigenvalue weighted by Gasteiger charge is -2.31. The Morgan fingerprint density at radius 2 is 1.89 bits per heavy atom. The molecule has 1 saturated carbocycles. The zero-order chi connectivity index (χ0) is 19.6. The highest BCUT2D eigenvalue weighted by Crippen LogP contribution is 2.39. The lowest BCUT2D eigenvalue weighted by molar-refractivity contribution is -0.126. The first-order chi connectivity index (χ1) is 12.7. The molecule has 1 aromatic carbocycles. The first-order valence-corrected chi connectivity index (χ1v) is 9.80. The van der Waals surface area contributed by atoms with Crippen molar-refractivity contribution in [1.29, 1.82) is 0 Å². The zero-order valence-corrected chi connectivity index (χ0v) is 16.4. The van der Waals surface area contributed by atoms with Crippen molar-refractivity contribution in [3.05, 3.63) is 35.9 Å². The maximum Gasteiger partial charge on any atom is 0.405 e. The molecule has 3 N–H and O–H groups in total. The highest BCUT2D eigenvalue weighted by Gasteiger charge is 2.44. The molecule has 6 heteroatoms. The van der Waals surface area contributed by atoms with Crippen LogP contribution in [-0.4, -0.2) is 47.2 Å². The third-order valence-corrected chi connectivity index (χ3v) is 5.91. The fourth-order valence-corrected chi connectivity index (χ4v) is 4.57. The minimum atomic E-state index is -1.16. The van der Waals surface area contributed by atoms with Gasteiger partial charge in [-0.3, -0.25) is 9.69 Å². The Kier molecular flexibility index (Phi) is 5.75. The van der Waals surface area contributed by atoms with Crippen molar-refractivity contribution in [2.24, 2.45) is 17.3 Å². The lowest BCUT2D eigenvalue weighted by Crippen LogP contribution is -2.55. The van der Waals surface area contributed by atoms with E-state index in [1.807, 2.05) is 26.8 Å². The molecule has 0 spiro atoms. The Labute approximate surface area is 161 Å². The van der Waals surface area contributed by atoms with E-state index in [4.69, 9.17) is 5.11 Å². The molecular weight excluding hydrogens is 342 g/mol. The van der Waals surface area contributed by atoms with Gasteiger partial charge in [0.1, 0.15) is 6.04 Å². The number of rotatable bonds is 5. The standard InChI is InChI=1S/C21H31N3O3/c1-21(2,3)18(23-20(26)27)19(25)22-17-10-9-15-12-24(13-16(15)17)11-14-7-5-4-6-8-14/h4-8,15-18,23H,9-13H2,1-3H3,(H,22,25)(H,26,27)/t15-,16+,17+,18+/m0/s1. The summed E-state index contributed by atoms with van der Waals surface area (Å²) in [5.41, 5.74) is 0.840. The van der Waals surface area contributed by atoms with Crippen molar-refractivity contribution in [3.8, 4) is 0 Å². The number of carbonyl (C=O) groups excluding carboxylic acids is 1. The van der Waals surface area contributed by atoms with Gasteiger partial charge in [0.25, 0.3) is 0 Å². The van der Waals surface area contributed by atoms with Crippen molar-refractivity contribution in [2.45, 2.75) is 52.2 Å². The largest absolute Gasteiger partial charge is 0.465 e. The number of carbonyl (C=O) groups is 2. The highest BCUT2D eigenvalue weighted by molar-refractivity contribution is 5.86. The van der Waals surface area contributed by atoms with Gasteiger partial charge in [0.05, 0.1) is 0 Å². The fourth-order valence-electron chi connectivity index (χ4n) is 4.57. The third-order valence-electron chi connectivity index (χ3n) is 5.91. The monoisotopic (exact) mass is 373 g/mol. The molecule has 2 amide bonds. The Bertz CT molecular complexity index is 671. The van der Waals surface area contributed by atoms with E-state index in [9.17, 15) is 9.59 Å². The van der Waals surface area contributed by atoms with Gasteiger partial charge in [-0.25, -0.2) is 4.79 Å². The second kappa shape index (κ2) is 7.89. The van der Waals surface area contributed by atoms with E-state index < -0.39 is 17.6 Å². The number of carboxylic acid groups (broad SMARTS) is 1. The van der Waals surface area contributed by atoms with Crippen LogP contribution in [0.5, 0.6) is 0 Å². The van der Waals surface area contributed by atoms with Crippen LogP contribution in [0.15, 0.2) is 30.3 Å². The van der Waals surface area contributed by atoms with Gasteiger partial charge in [0.15, 0.2) is 0 Å². The smallest absolute Gasteiger partial charge is 0.405 e. The maximum absolute atomic E-state index is 12.8. The van der Waals surface area contributed by atoms with Crippen molar-refractivity contribution >= 4 is 12.0 Å². The van der Waals surface area contributed by atoms with Gasteiger partial charge in [0.2, 0.25) is 5.91 Å². The van der Waals surface area contributed by atoms with Gasteiger partial charge in [-0.1, -0.05) is 51.1 Å². The maximum atomic E-state index is 12.8. The second-order valence-corrected chi connectivity index (χ2v) is 9.04. The predicted molar refractivity (Wildman–Crippen MR) is 104 cm³/mol. The molecule has 1 saturated heterocycles. The summed E-state index contributed by atoms with van der Waals surface area (Å²) in [4.78, 5) is 26.4. The first-order valence-electron chi connectivity index (χ1n) is 9.80. The quantitative estimate of drug-likeness (QED) is 0.741. The van der Waals surface area contributed by atoms with Gasteiger partial charge < -0.3 is 15.7 Å². The van der Waals surface area contributed by atoms with Gasteiger partial charge in [-0.2, -0.15) is 0 Å². The summed E-state index contributed by atoms with van der Waals surface area (Å²) in [7, 11) is 0. The fraction of sp³-hybridized carbons (Fsp3) is 0.619. The number of hydrogen-bond donors (Lipinski definition) is 3. The molecule has 0 bridgehead atoms. The van der Waals surface area contributed by atoms with E-state index in [1.54, 1.807) is 0 Å². The third kappa shape index (κ3) is 4.80. The van der Waals surface area contributed by atoms with E-state index >= 15 is 0 Å². The summed E-state index contributed by atoms with van der Waals surface area (Å²) >= 11 is 0. The minimum Gasteiger partial charge on any atom is -0.465 e. The first kappa shape index (κ1) is 19.7. The van der Waals surface area contributed by atoms with Crippen LogP contribution < -0.4 is 10.6 Å². The van der Waals surface area contributed by atoms with E-state index in [0.29, 0.717) is 11.8 Å². The van der Waals surface area contributed by atoms with Crippen molar-refractivity contribution in [1.82, 2.24) is 15.5 Å². The Morgan fingerprint density at radius 1 is 1.19 bits per heavy atom. The SMILES string of the molecule is CC(C)(C)[C@H](NC(=O)O)C(=O)N[C@@H]1CC[C@H]2CN(Cc3ccccc3)C[C@H]21. The summed E-state index contributed by atoms with van der Waals surface area (Å²) in [5, 5.41) is 14.6. The predicted octanol–water partition coefficient (Wildman–Crippen LogP) is 2.70. The molecule has 0 radical (unpaired) electrons. The summed E-state index contributed by atoms with van der Waals surface area (Å²) in [5.74, 6) is 0.847. The lowest BCUT2D eigenvalue weighted by atomic mass is 9.85. The number of nitrogens with zero attached hydrogens (tertiary/aromatic N) is 1. The van der Waals surface area contributed by atoms with Gasteiger partial charge in [-0.05, 0) is 35.7 Å². The minimum absolute atomic E-state index is 0.128. The molecule has 3 rings (SSSR count). The van der Waals surface area contributed by atoms with Crippen LogP contribution in [-0.2, 0) is 11.3 Å². The Hall–Kier alpha value is -2.08. The molecule has 1 aliphatic heterocycles. The van der Waals surface area contributed by atoms with Gasteiger partial charge in [-0.15, -0.1) is 0 Å². The zero-order valence-electron chi connectivity index (χ0n) is 16.4. The molecular formula is C21H31N3O3. The van der Waals surface area contributed by atoms with Crippen molar-refractivity contribution in [2.75, 3.05) is 13.1 Å². The number of amides is 2. The average Bonchev–Trinajstić information content (AvgIpc) is 3.14. The van der Waals surface area contributed by atoms with Crippen LogP contribution in [0.4, 0.5) is 4.79 Å². The molecule has 2 aliphatic rings. The van der Waals surface area contributed by atoms with Crippen LogP contribution in [0.2, 0.25) is 0 Å². The molecule has 0 aromatic heterocycles. The number of fused-ring (bicyclic) bond motifs is 1. The van der Waals surface area contributed by atoms with E-state index in [-0.39, 0.29) is 11.9 Å². The molecule has 1 aromatic rings. The molecule has 27 heavy (non-hydrogen) atoms. The molecule has 6 nitrogen and oxygen atoms in total. The summed E-state index contributed by atoms with van der Waals surface area (Å²) < 4.78 is 0. The highest BCUT2D eigenvalue weighted by atomic mass is 16.4. The van der Waals surface area contributed by atoms with Crippen LogP contribution in [0.25, 0.3) is 0 Å². The number of benzene rings is 1. The number of nitrogens with one attached hydrogen (secondary N) is 2. The summed E-state index contributed by atoms with van der Waals surface area (Å²) in [6, 6.07) is 9.84. The van der Waals surface area contributed by atoms with E-state index in [1.165, 1.54) is 5.56 Å². The van der Waals surface area contributed by atoms with Crippen LogP contribution in [0, 0.1) is 17.3 Å². The number of likely N-dealkylation sites (tertiary alicyclic amines) is 1. The number of hydrogen-bond acceptors (Lipinski definition) is 3. The summed E-state index contributed by atoms with van der Waals surface area (Å²) in [6.07, 6.45) is 0.932. The molecule has 1 heterocycles. The van der Waals surface area contributed by atoms with Crippen LogP contribution in [0.1, 0.15) is 39.2 Å². The second-order valence-electron chi connectivity index (χ2n) is 9.04. The van der Waals surface area contributed by atoms with Crippen molar-refractivity contribution in [3.63, 3.8) is 0 Å². The Morgan fingerprint density at radius 3 is 2.52 bits per heavy atom. The summed E-state index contributed by atoms with van der Waals surface area (Å²) in [6.45, 7) is 8.63. The molecule has 1 aliphatic carbocycles. The van der Waals surface area contributed by atoms with Crippen LogP contribution in [0.3, 0.4) is 0 Å². The molecule has 2 fully saturated rings. The topological polar surface area (TPSA) is 81.7 Å². The van der Waals surface area contributed by atoms with Gasteiger partial charge in [0, 0.05) is 25.7 Å².